The van der Waals surface area contributed by atoms with E-state index in [0.717, 1.165) is 22.7 Å². The highest BCUT2D eigenvalue weighted by atomic mass is 32.2. The van der Waals surface area contributed by atoms with Crippen LogP contribution >= 0.6 is 0 Å². The van der Waals surface area contributed by atoms with E-state index in [9.17, 15) is 18.0 Å². The summed E-state index contributed by atoms with van der Waals surface area (Å²) < 4.78 is 33.2. The first-order valence-electron chi connectivity index (χ1n) is 9.32. The van der Waals surface area contributed by atoms with E-state index < -0.39 is 27.0 Å². The summed E-state index contributed by atoms with van der Waals surface area (Å²) in [6.45, 7) is 0.135. The van der Waals surface area contributed by atoms with Gasteiger partial charge in [0.1, 0.15) is 11.3 Å². The molecule has 0 fully saturated rings. The maximum absolute atomic E-state index is 12.7. The Morgan fingerprint density at radius 2 is 1.77 bits per heavy atom. The SMILES string of the molecule is COc1ccc2[nH]cc(CCNS(=O)(=O)c3ccc4[nH]cc(C(=O)O)c(=O)c4c3)c2c1. The van der Waals surface area contributed by atoms with E-state index in [1.54, 1.807) is 7.11 Å². The molecule has 0 aliphatic carbocycles. The van der Waals surface area contributed by atoms with Gasteiger partial charge >= 0.3 is 5.97 Å². The van der Waals surface area contributed by atoms with Gasteiger partial charge in [-0.1, -0.05) is 0 Å². The molecular formula is C21H19N3O6S. The standard InChI is InChI=1S/C21H19N3O6S/c1-30-13-2-4-18-15(8-13)12(10-22-18)6-7-24-31(28,29)14-3-5-19-16(9-14)20(25)17(11-23-19)21(26)27/h2-5,8-11,22,24H,6-7H2,1H3,(H,23,25)(H,26,27). The van der Waals surface area contributed by atoms with Gasteiger partial charge in [-0.3, -0.25) is 4.79 Å². The van der Waals surface area contributed by atoms with Gasteiger partial charge in [-0.25, -0.2) is 17.9 Å². The molecule has 2 aromatic heterocycles. The molecule has 0 aliphatic rings. The molecule has 0 atom stereocenters. The summed E-state index contributed by atoms with van der Waals surface area (Å²) in [6.07, 6.45) is 3.35. The topological polar surface area (TPSA) is 141 Å². The molecule has 0 amide bonds. The Hall–Kier alpha value is -3.63. The van der Waals surface area contributed by atoms with Crippen molar-refractivity contribution in [3.05, 3.63) is 70.1 Å². The van der Waals surface area contributed by atoms with Crippen molar-refractivity contribution in [2.24, 2.45) is 0 Å². The van der Waals surface area contributed by atoms with Crippen LogP contribution in [0.15, 0.2) is 58.5 Å². The summed E-state index contributed by atoms with van der Waals surface area (Å²) in [6, 6.07) is 9.58. The Labute approximate surface area is 176 Å². The van der Waals surface area contributed by atoms with Crippen molar-refractivity contribution in [1.82, 2.24) is 14.7 Å². The molecule has 160 valence electrons. The molecule has 4 rings (SSSR count). The molecule has 0 bridgehead atoms. The van der Waals surface area contributed by atoms with Crippen molar-refractivity contribution in [2.75, 3.05) is 13.7 Å². The van der Waals surface area contributed by atoms with Crippen LogP contribution in [0, 0.1) is 0 Å². The van der Waals surface area contributed by atoms with Gasteiger partial charge < -0.3 is 19.8 Å². The van der Waals surface area contributed by atoms with E-state index in [0.29, 0.717) is 17.7 Å². The number of fused-ring (bicyclic) bond motifs is 2. The zero-order valence-corrected chi connectivity index (χ0v) is 17.2. The molecule has 0 spiro atoms. The largest absolute Gasteiger partial charge is 0.497 e. The lowest BCUT2D eigenvalue weighted by Gasteiger charge is -2.08. The second-order valence-electron chi connectivity index (χ2n) is 6.92. The number of H-pyrrole nitrogens is 2. The van der Waals surface area contributed by atoms with Crippen molar-refractivity contribution in [2.45, 2.75) is 11.3 Å². The fraction of sp³-hybridized carbons (Fsp3) is 0.143. The molecule has 0 aliphatic heterocycles. The van der Waals surface area contributed by atoms with E-state index in [4.69, 9.17) is 9.84 Å². The maximum atomic E-state index is 12.7. The molecule has 0 saturated heterocycles. The third-order valence-corrected chi connectivity index (χ3v) is 6.51. The van der Waals surface area contributed by atoms with Crippen molar-refractivity contribution < 1.29 is 23.1 Å². The summed E-state index contributed by atoms with van der Waals surface area (Å²) in [5.41, 5.74) is 0.997. The second kappa shape index (κ2) is 7.89. The first kappa shape index (κ1) is 20.6. The number of rotatable bonds is 7. The predicted octanol–water partition coefficient (Wildman–Crippen LogP) is 2.24. The van der Waals surface area contributed by atoms with E-state index in [2.05, 4.69) is 14.7 Å². The molecule has 0 saturated carbocycles. The Kier molecular flexibility index (Phi) is 5.25. The molecule has 9 nitrogen and oxygen atoms in total. The van der Waals surface area contributed by atoms with Gasteiger partial charge in [-0.15, -0.1) is 0 Å². The Morgan fingerprint density at radius 1 is 1.06 bits per heavy atom. The van der Waals surface area contributed by atoms with Crippen LogP contribution in [-0.4, -0.2) is 43.1 Å². The van der Waals surface area contributed by atoms with Gasteiger partial charge in [-0.05, 0) is 48.4 Å². The van der Waals surface area contributed by atoms with Gasteiger partial charge in [-0.2, -0.15) is 0 Å². The van der Waals surface area contributed by atoms with E-state index in [-0.39, 0.29) is 16.8 Å². The molecule has 31 heavy (non-hydrogen) atoms. The number of aromatic nitrogens is 2. The number of nitrogens with one attached hydrogen (secondary N) is 3. The monoisotopic (exact) mass is 441 g/mol. The van der Waals surface area contributed by atoms with Crippen LogP contribution < -0.4 is 14.9 Å². The van der Waals surface area contributed by atoms with Crippen molar-refractivity contribution in [1.29, 1.82) is 0 Å². The average Bonchev–Trinajstić information content (AvgIpc) is 3.15. The lowest BCUT2D eigenvalue weighted by Crippen LogP contribution is -2.26. The number of methoxy groups -OCH3 is 1. The minimum Gasteiger partial charge on any atom is -0.497 e. The summed E-state index contributed by atoms with van der Waals surface area (Å²) in [7, 11) is -2.33. The van der Waals surface area contributed by atoms with E-state index in [1.807, 2.05) is 24.4 Å². The summed E-state index contributed by atoms with van der Waals surface area (Å²) >= 11 is 0. The summed E-state index contributed by atoms with van der Waals surface area (Å²) in [4.78, 5) is 29.3. The number of hydrogen-bond acceptors (Lipinski definition) is 5. The van der Waals surface area contributed by atoms with E-state index >= 15 is 0 Å². The number of carboxylic acids is 1. The molecule has 0 radical (unpaired) electrons. The molecule has 10 heteroatoms. The number of aromatic carboxylic acids is 1. The van der Waals surface area contributed by atoms with Crippen LogP contribution in [0.3, 0.4) is 0 Å². The zero-order valence-electron chi connectivity index (χ0n) is 16.4. The molecule has 4 aromatic rings. The highest BCUT2D eigenvalue weighted by Crippen LogP contribution is 2.24. The minimum atomic E-state index is -3.91. The molecular weight excluding hydrogens is 422 g/mol. The van der Waals surface area contributed by atoms with Crippen molar-refractivity contribution in [3.63, 3.8) is 0 Å². The Balaban J connectivity index is 1.56. The fourth-order valence-corrected chi connectivity index (χ4v) is 4.48. The van der Waals surface area contributed by atoms with Gasteiger partial charge in [0.15, 0.2) is 0 Å². The fourth-order valence-electron chi connectivity index (χ4n) is 3.42. The lowest BCUT2D eigenvalue weighted by atomic mass is 10.1. The number of ether oxygens (including phenoxy) is 1. The van der Waals surface area contributed by atoms with Crippen LogP contribution in [0.2, 0.25) is 0 Å². The molecule has 2 aromatic carbocycles. The average molecular weight is 441 g/mol. The molecule has 0 unspecified atom stereocenters. The van der Waals surface area contributed by atoms with Gasteiger partial charge in [0.2, 0.25) is 15.5 Å². The minimum absolute atomic E-state index is 0.00787. The Morgan fingerprint density at radius 3 is 2.52 bits per heavy atom. The highest BCUT2D eigenvalue weighted by Gasteiger charge is 2.17. The number of carbonyl (C=O) groups is 1. The zero-order chi connectivity index (χ0) is 22.2. The summed E-state index contributed by atoms with van der Waals surface area (Å²) in [5.74, 6) is -0.680. The van der Waals surface area contributed by atoms with E-state index in [1.165, 1.54) is 18.2 Å². The van der Waals surface area contributed by atoms with Crippen LogP contribution in [0.1, 0.15) is 15.9 Å². The first-order chi connectivity index (χ1) is 14.8. The van der Waals surface area contributed by atoms with Crippen molar-refractivity contribution >= 4 is 37.8 Å². The van der Waals surface area contributed by atoms with Gasteiger partial charge in [0.25, 0.3) is 0 Å². The van der Waals surface area contributed by atoms with Crippen molar-refractivity contribution in [3.8, 4) is 5.75 Å². The van der Waals surface area contributed by atoms with Crippen LogP contribution in [0.4, 0.5) is 0 Å². The smallest absolute Gasteiger partial charge is 0.341 e. The molecule has 2 heterocycles. The number of aromatic amines is 2. The second-order valence-corrected chi connectivity index (χ2v) is 8.68. The lowest BCUT2D eigenvalue weighted by molar-refractivity contribution is 0.0695. The normalized spacial score (nSPS) is 11.8. The van der Waals surface area contributed by atoms with Crippen LogP contribution in [0.5, 0.6) is 5.75 Å². The molecule has 4 N–H and O–H groups in total. The first-order valence-corrected chi connectivity index (χ1v) is 10.8. The third-order valence-electron chi connectivity index (χ3n) is 5.05. The van der Waals surface area contributed by atoms with Crippen LogP contribution in [0.25, 0.3) is 21.8 Å². The predicted molar refractivity (Wildman–Crippen MR) is 115 cm³/mol. The third kappa shape index (κ3) is 3.90. The van der Waals surface area contributed by atoms with Crippen LogP contribution in [-0.2, 0) is 16.4 Å². The van der Waals surface area contributed by atoms with Gasteiger partial charge in [0.05, 0.1) is 12.0 Å². The highest BCUT2D eigenvalue weighted by molar-refractivity contribution is 7.89. The number of pyridine rings is 1. The number of sulfonamides is 1. The number of hydrogen-bond donors (Lipinski definition) is 4. The quantitative estimate of drug-likeness (QED) is 0.347. The Bertz CT molecular complexity index is 1470. The number of benzene rings is 2. The summed E-state index contributed by atoms with van der Waals surface area (Å²) in [5, 5.41) is 10.0. The maximum Gasteiger partial charge on any atom is 0.341 e. The number of carboxylic acid groups (broad SMARTS) is 1. The van der Waals surface area contributed by atoms with Gasteiger partial charge in [0, 0.05) is 40.7 Å².